The van der Waals surface area contributed by atoms with Crippen LogP contribution in [0.5, 0.6) is 0 Å². The number of aromatic nitrogens is 1. The van der Waals surface area contributed by atoms with Gasteiger partial charge in [-0.1, -0.05) is 6.07 Å². The van der Waals surface area contributed by atoms with Crippen LogP contribution in [0.4, 0.5) is 0 Å². The van der Waals surface area contributed by atoms with Crippen LogP contribution in [0.3, 0.4) is 0 Å². The number of nitrogens with zero attached hydrogens (tertiary/aromatic N) is 2. The Balaban J connectivity index is 2.59. The highest BCUT2D eigenvalue weighted by atomic mass is 16.1. The molecule has 3 heteroatoms. The minimum atomic E-state index is 0.0435. The van der Waals surface area contributed by atoms with E-state index >= 15 is 0 Å². The van der Waals surface area contributed by atoms with Crippen molar-refractivity contribution in [2.45, 2.75) is 32.7 Å². The topological polar surface area (TPSA) is 45.8 Å². The molecule has 0 bridgehead atoms. The van der Waals surface area contributed by atoms with Gasteiger partial charge >= 0.3 is 0 Å². The Labute approximate surface area is 83.6 Å². The van der Waals surface area contributed by atoms with Gasteiger partial charge in [-0.2, -0.15) is 5.26 Å². The molecule has 3 nitrogen and oxygen atoms in total. The van der Waals surface area contributed by atoms with Gasteiger partial charge in [0.15, 0.2) is 0 Å². The van der Waals surface area contributed by atoms with Crippen LogP contribution >= 0.6 is 0 Å². The number of rotatable bonds is 4. The zero-order valence-corrected chi connectivity index (χ0v) is 8.36. The molecule has 0 saturated carbocycles. The fourth-order valence-electron chi connectivity index (χ4n) is 1.38. The lowest BCUT2D eigenvalue weighted by molar-refractivity contribution is 0.587. The summed E-state index contributed by atoms with van der Waals surface area (Å²) in [6, 6.07) is 7.35. The monoisotopic (exact) mass is 190 g/mol. The fraction of sp³-hybridized carbons (Fsp3) is 0.455. The van der Waals surface area contributed by atoms with Crippen LogP contribution in [0.15, 0.2) is 23.0 Å². The third kappa shape index (κ3) is 2.74. The minimum absolute atomic E-state index is 0.0435. The summed E-state index contributed by atoms with van der Waals surface area (Å²) >= 11 is 0. The normalized spacial score (nSPS) is 9.71. The van der Waals surface area contributed by atoms with Gasteiger partial charge < -0.3 is 4.57 Å². The maximum Gasteiger partial charge on any atom is 0.250 e. The summed E-state index contributed by atoms with van der Waals surface area (Å²) in [4.78, 5) is 11.4. The van der Waals surface area contributed by atoms with Gasteiger partial charge in [0.2, 0.25) is 0 Å². The summed E-state index contributed by atoms with van der Waals surface area (Å²) < 4.78 is 1.75. The summed E-state index contributed by atoms with van der Waals surface area (Å²) in [6.45, 7) is 2.64. The Kier molecular flexibility index (Phi) is 3.93. The lowest BCUT2D eigenvalue weighted by Crippen LogP contribution is -2.20. The first kappa shape index (κ1) is 10.5. The van der Waals surface area contributed by atoms with Crippen LogP contribution in [0.25, 0.3) is 0 Å². The molecular formula is C11H14N2O. The Hall–Kier alpha value is -1.56. The van der Waals surface area contributed by atoms with Gasteiger partial charge in [0.25, 0.3) is 5.56 Å². The zero-order valence-electron chi connectivity index (χ0n) is 8.36. The van der Waals surface area contributed by atoms with Gasteiger partial charge in [0.05, 0.1) is 6.07 Å². The molecule has 1 aromatic rings. The summed E-state index contributed by atoms with van der Waals surface area (Å²) in [5.41, 5.74) is 1.02. The van der Waals surface area contributed by atoms with Gasteiger partial charge in [-0.3, -0.25) is 4.79 Å². The highest BCUT2D eigenvalue weighted by molar-refractivity contribution is 5.04. The molecular weight excluding hydrogens is 176 g/mol. The molecule has 0 aliphatic carbocycles. The van der Waals surface area contributed by atoms with Gasteiger partial charge in [-0.25, -0.2) is 0 Å². The Bertz CT molecular complexity index is 387. The van der Waals surface area contributed by atoms with E-state index in [9.17, 15) is 4.79 Å². The third-order valence-electron chi connectivity index (χ3n) is 2.19. The molecule has 0 N–H and O–H groups in total. The predicted octanol–water partition coefficient (Wildman–Crippen LogP) is 1.85. The maximum atomic E-state index is 11.4. The summed E-state index contributed by atoms with van der Waals surface area (Å²) in [7, 11) is 0. The molecule has 0 fully saturated rings. The Morgan fingerprint density at radius 2 is 2.21 bits per heavy atom. The smallest absolute Gasteiger partial charge is 0.250 e. The molecule has 74 valence electrons. The van der Waals surface area contributed by atoms with Crippen molar-refractivity contribution in [3.05, 3.63) is 34.2 Å². The van der Waals surface area contributed by atoms with Crippen LogP contribution in [0, 0.1) is 18.3 Å². The minimum Gasteiger partial charge on any atom is -0.313 e. The second-order valence-electron chi connectivity index (χ2n) is 3.27. The van der Waals surface area contributed by atoms with E-state index in [4.69, 9.17) is 5.26 Å². The number of nitriles is 1. The molecule has 1 heterocycles. The summed E-state index contributed by atoms with van der Waals surface area (Å²) in [5.74, 6) is 0. The molecule has 0 spiro atoms. The van der Waals surface area contributed by atoms with Crippen LogP contribution in [0.2, 0.25) is 0 Å². The van der Waals surface area contributed by atoms with Gasteiger partial charge in [-0.15, -0.1) is 0 Å². The first-order valence-electron chi connectivity index (χ1n) is 4.79. The molecule has 0 saturated heterocycles. The predicted molar refractivity (Wildman–Crippen MR) is 54.9 cm³/mol. The van der Waals surface area contributed by atoms with Crippen LogP contribution in [0.1, 0.15) is 25.0 Å². The van der Waals surface area contributed by atoms with Crippen LogP contribution in [-0.2, 0) is 6.54 Å². The first-order valence-corrected chi connectivity index (χ1v) is 4.79. The van der Waals surface area contributed by atoms with Crippen LogP contribution < -0.4 is 5.56 Å². The highest BCUT2D eigenvalue weighted by Gasteiger charge is 1.97. The average molecular weight is 190 g/mol. The zero-order chi connectivity index (χ0) is 10.4. The second kappa shape index (κ2) is 5.23. The SMILES string of the molecule is Cc1cccc(=O)n1CCCCC#N. The number of pyridine rings is 1. The quantitative estimate of drug-likeness (QED) is 0.680. The molecule has 0 atom stereocenters. The van der Waals surface area contributed by atoms with Crippen molar-refractivity contribution in [1.82, 2.24) is 4.57 Å². The lowest BCUT2D eigenvalue weighted by atomic mass is 10.2. The molecule has 0 aliphatic rings. The number of unbranched alkanes of at least 4 members (excludes halogenated alkanes) is 2. The standard InChI is InChI=1S/C11H14N2O/c1-10-6-5-7-11(14)13(10)9-4-2-3-8-12/h5-7H,2-4,9H2,1H3. The van der Waals surface area contributed by atoms with E-state index in [0.29, 0.717) is 13.0 Å². The van der Waals surface area contributed by atoms with Crippen molar-refractivity contribution >= 4 is 0 Å². The molecule has 0 unspecified atom stereocenters. The van der Waals surface area contributed by atoms with Crippen molar-refractivity contribution in [3.8, 4) is 6.07 Å². The average Bonchev–Trinajstić information content (AvgIpc) is 2.16. The molecule has 0 aromatic carbocycles. The van der Waals surface area contributed by atoms with E-state index in [1.165, 1.54) is 0 Å². The van der Waals surface area contributed by atoms with Gasteiger partial charge in [0.1, 0.15) is 0 Å². The van der Waals surface area contributed by atoms with E-state index in [2.05, 4.69) is 6.07 Å². The maximum absolute atomic E-state index is 11.4. The highest BCUT2D eigenvalue weighted by Crippen LogP contribution is 1.99. The fourth-order valence-corrected chi connectivity index (χ4v) is 1.38. The largest absolute Gasteiger partial charge is 0.313 e. The van der Waals surface area contributed by atoms with E-state index < -0.39 is 0 Å². The van der Waals surface area contributed by atoms with E-state index in [-0.39, 0.29) is 5.56 Å². The van der Waals surface area contributed by atoms with Gasteiger partial charge in [0, 0.05) is 24.7 Å². The molecule has 0 amide bonds. The number of hydrogen-bond donors (Lipinski definition) is 0. The van der Waals surface area contributed by atoms with Crippen molar-refractivity contribution in [2.75, 3.05) is 0 Å². The number of aryl methyl sites for hydroxylation is 1. The van der Waals surface area contributed by atoms with E-state index in [1.807, 2.05) is 13.0 Å². The van der Waals surface area contributed by atoms with Crippen LogP contribution in [-0.4, -0.2) is 4.57 Å². The lowest BCUT2D eigenvalue weighted by Gasteiger charge is -2.07. The first-order chi connectivity index (χ1) is 6.75. The molecule has 0 aliphatic heterocycles. The summed E-state index contributed by atoms with van der Waals surface area (Å²) in [6.07, 6.45) is 2.32. The molecule has 14 heavy (non-hydrogen) atoms. The number of hydrogen-bond acceptors (Lipinski definition) is 2. The van der Waals surface area contributed by atoms with Crippen molar-refractivity contribution in [2.24, 2.45) is 0 Å². The summed E-state index contributed by atoms with van der Waals surface area (Å²) in [5, 5.41) is 8.35. The van der Waals surface area contributed by atoms with E-state index in [1.54, 1.807) is 16.7 Å². The van der Waals surface area contributed by atoms with Crippen molar-refractivity contribution < 1.29 is 0 Å². The Morgan fingerprint density at radius 3 is 2.86 bits per heavy atom. The molecule has 1 rings (SSSR count). The molecule has 1 aromatic heterocycles. The van der Waals surface area contributed by atoms with Crippen molar-refractivity contribution in [3.63, 3.8) is 0 Å². The van der Waals surface area contributed by atoms with E-state index in [0.717, 1.165) is 18.5 Å². The third-order valence-corrected chi connectivity index (χ3v) is 2.19. The molecule has 0 radical (unpaired) electrons. The van der Waals surface area contributed by atoms with Gasteiger partial charge in [-0.05, 0) is 25.8 Å². The second-order valence-corrected chi connectivity index (χ2v) is 3.27. The van der Waals surface area contributed by atoms with Crippen molar-refractivity contribution in [1.29, 1.82) is 5.26 Å². The Morgan fingerprint density at radius 1 is 1.43 bits per heavy atom.